The smallest absolute Gasteiger partial charge is 0.144 e. The van der Waals surface area contributed by atoms with Crippen molar-refractivity contribution in [3.8, 4) is 5.75 Å². The molecule has 2 rings (SSSR count). The van der Waals surface area contributed by atoms with E-state index in [9.17, 15) is 0 Å². The highest BCUT2D eigenvalue weighted by Crippen LogP contribution is 2.31. The molecule has 14 heavy (non-hydrogen) atoms. The van der Waals surface area contributed by atoms with Crippen molar-refractivity contribution in [2.75, 3.05) is 6.61 Å². The van der Waals surface area contributed by atoms with Crippen LogP contribution in [-0.2, 0) is 0 Å². The molecule has 0 saturated heterocycles. The molecular weight excluding hydrogens is 198 g/mol. The van der Waals surface area contributed by atoms with Crippen molar-refractivity contribution >= 4 is 22.5 Å². The highest BCUT2D eigenvalue weighted by Gasteiger charge is 2.07. The topological polar surface area (TPSA) is 25.0 Å². The van der Waals surface area contributed by atoms with Crippen LogP contribution in [0.3, 0.4) is 0 Å². The maximum atomic E-state index is 6.01. The zero-order valence-corrected chi connectivity index (χ0v) is 8.98. The van der Waals surface area contributed by atoms with Crippen LogP contribution in [0.1, 0.15) is 12.5 Å². The van der Waals surface area contributed by atoms with Crippen molar-refractivity contribution in [1.29, 1.82) is 0 Å². The number of fused-ring (bicyclic) bond motifs is 1. The van der Waals surface area contributed by atoms with Gasteiger partial charge in [0.25, 0.3) is 0 Å². The Labute approximate surface area is 87.8 Å². The molecule has 3 heteroatoms. The molecule has 0 radical (unpaired) electrons. The highest BCUT2D eigenvalue weighted by atomic mass is 35.5. The lowest BCUT2D eigenvalue weighted by molar-refractivity contribution is 0.344. The Morgan fingerprint density at radius 3 is 2.93 bits per heavy atom. The molecule has 0 aliphatic rings. The minimum atomic E-state index is 0.675. The van der Waals surface area contributed by atoms with Crippen molar-refractivity contribution < 1.29 is 4.74 Å². The van der Waals surface area contributed by atoms with Crippen molar-refractivity contribution in [2.24, 2.45) is 0 Å². The fraction of sp³-hybridized carbons (Fsp3) is 0.273. The van der Waals surface area contributed by atoms with E-state index in [2.05, 4.69) is 4.98 Å². The van der Waals surface area contributed by atoms with E-state index >= 15 is 0 Å². The molecule has 0 bridgehead atoms. The average Bonchev–Trinajstić information content (AvgIpc) is 2.57. The zero-order valence-electron chi connectivity index (χ0n) is 8.23. The second kappa shape index (κ2) is 3.54. The summed E-state index contributed by atoms with van der Waals surface area (Å²) in [6.45, 7) is 4.65. The van der Waals surface area contributed by atoms with Gasteiger partial charge in [-0.25, -0.2) is 0 Å². The molecule has 1 aromatic heterocycles. The van der Waals surface area contributed by atoms with Gasteiger partial charge in [0.15, 0.2) is 0 Å². The van der Waals surface area contributed by atoms with Crippen LogP contribution >= 0.6 is 11.6 Å². The van der Waals surface area contributed by atoms with Gasteiger partial charge in [-0.1, -0.05) is 11.6 Å². The average molecular weight is 210 g/mol. The summed E-state index contributed by atoms with van der Waals surface area (Å²) in [5.41, 5.74) is 2.12. The summed E-state index contributed by atoms with van der Waals surface area (Å²) < 4.78 is 5.48. The third-order valence-electron chi connectivity index (χ3n) is 2.31. The fourth-order valence-electron chi connectivity index (χ4n) is 1.57. The van der Waals surface area contributed by atoms with Gasteiger partial charge in [-0.05, 0) is 31.5 Å². The Hall–Kier alpha value is -1.15. The Balaban J connectivity index is 2.64. The molecule has 2 nitrogen and oxygen atoms in total. The standard InChI is InChI=1S/C11H12ClNO/c1-3-14-10-6-13-11-7(2)9(12)5-4-8(10)11/h4-6,13H,3H2,1-2H3. The van der Waals surface area contributed by atoms with E-state index < -0.39 is 0 Å². The van der Waals surface area contributed by atoms with Crippen LogP contribution in [0.2, 0.25) is 5.02 Å². The van der Waals surface area contributed by atoms with Crippen molar-refractivity contribution in [2.45, 2.75) is 13.8 Å². The van der Waals surface area contributed by atoms with Gasteiger partial charge in [-0.3, -0.25) is 0 Å². The molecular formula is C11H12ClNO. The third-order valence-corrected chi connectivity index (χ3v) is 2.72. The molecule has 74 valence electrons. The van der Waals surface area contributed by atoms with E-state index in [1.807, 2.05) is 32.2 Å². The van der Waals surface area contributed by atoms with Crippen molar-refractivity contribution in [3.05, 3.63) is 28.9 Å². The number of hydrogen-bond donors (Lipinski definition) is 1. The van der Waals surface area contributed by atoms with E-state index in [4.69, 9.17) is 16.3 Å². The first-order valence-corrected chi connectivity index (χ1v) is 5.00. The molecule has 1 aromatic carbocycles. The third kappa shape index (κ3) is 1.36. The lowest BCUT2D eigenvalue weighted by atomic mass is 10.1. The summed E-state index contributed by atoms with van der Waals surface area (Å²) in [6, 6.07) is 3.88. The quantitative estimate of drug-likeness (QED) is 0.804. The predicted molar refractivity (Wildman–Crippen MR) is 59.2 cm³/mol. The van der Waals surface area contributed by atoms with Crippen LogP contribution in [-0.4, -0.2) is 11.6 Å². The van der Waals surface area contributed by atoms with Gasteiger partial charge in [-0.2, -0.15) is 0 Å². The van der Waals surface area contributed by atoms with Crippen LogP contribution in [0, 0.1) is 6.92 Å². The number of rotatable bonds is 2. The van der Waals surface area contributed by atoms with E-state index in [1.54, 1.807) is 0 Å². The Bertz CT molecular complexity index is 462. The van der Waals surface area contributed by atoms with Crippen LogP contribution < -0.4 is 4.74 Å². The summed E-state index contributed by atoms with van der Waals surface area (Å²) in [5, 5.41) is 1.87. The van der Waals surface area contributed by atoms with Crippen LogP contribution in [0.25, 0.3) is 10.9 Å². The monoisotopic (exact) mass is 209 g/mol. The largest absolute Gasteiger partial charge is 0.492 e. The molecule has 0 saturated carbocycles. The molecule has 0 atom stereocenters. The minimum absolute atomic E-state index is 0.675. The molecule has 0 aliphatic heterocycles. The molecule has 0 unspecified atom stereocenters. The molecule has 0 amide bonds. The highest BCUT2D eigenvalue weighted by molar-refractivity contribution is 6.32. The second-order valence-electron chi connectivity index (χ2n) is 3.18. The van der Waals surface area contributed by atoms with Crippen LogP contribution in [0.15, 0.2) is 18.3 Å². The first-order valence-electron chi connectivity index (χ1n) is 4.63. The number of nitrogens with one attached hydrogen (secondary N) is 1. The van der Waals surface area contributed by atoms with Gasteiger partial charge in [0, 0.05) is 16.6 Å². The van der Waals surface area contributed by atoms with Gasteiger partial charge in [-0.15, -0.1) is 0 Å². The summed E-state index contributed by atoms with van der Waals surface area (Å²) in [5.74, 6) is 0.891. The SMILES string of the molecule is CCOc1c[nH]c2c(C)c(Cl)ccc12. The van der Waals surface area contributed by atoms with E-state index in [0.717, 1.165) is 27.2 Å². The van der Waals surface area contributed by atoms with Gasteiger partial charge < -0.3 is 9.72 Å². The Kier molecular flexibility index (Phi) is 2.38. The number of hydrogen-bond acceptors (Lipinski definition) is 1. The molecule has 0 aliphatic carbocycles. The number of aromatic nitrogens is 1. The Morgan fingerprint density at radius 1 is 1.43 bits per heavy atom. The van der Waals surface area contributed by atoms with Gasteiger partial charge >= 0.3 is 0 Å². The number of benzene rings is 1. The van der Waals surface area contributed by atoms with Crippen LogP contribution in [0.4, 0.5) is 0 Å². The normalized spacial score (nSPS) is 10.8. The summed E-state index contributed by atoms with van der Waals surface area (Å²) in [4.78, 5) is 3.17. The van der Waals surface area contributed by atoms with E-state index in [0.29, 0.717) is 6.61 Å². The fourth-order valence-corrected chi connectivity index (χ4v) is 1.73. The summed E-state index contributed by atoms with van der Waals surface area (Å²) in [7, 11) is 0. The number of aryl methyl sites for hydroxylation is 1. The van der Waals surface area contributed by atoms with Gasteiger partial charge in [0.2, 0.25) is 0 Å². The van der Waals surface area contributed by atoms with E-state index in [-0.39, 0.29) is 0 Å². The first kappa shape index (κ1) is 9.41. The molecule has 2 aromatic rings. The predicted octanol–water partition coefficient (Wildman–Crippen LogP) is 3.53. The zero-order chi connectivity index (χ0) is 10.1. The molecule has 0 fully saturated rings. The minimum Gasteiger partial charge on any atom is -0.492 e. The number of halogens is 1. The first-order chi connectivity index (χ1) is 6.74. The van der Waals surface area contributed by atoms with E-state index in [1.165, 1.54) is 0 Å². The lowest BCUT2D eigenvalue weighted by Gasteiger charge is -2.02. The van der Waals surface area contributed by atoms with Crippen molar-refractivity contribution in [1.82, 2.24) is 4.98 Å². The number of ether oxygens (including phenoxy) is 1. The molecule has 0 spiro atoms. The molecule has 1 heterocycles. The summed E-state index contributed by atoms with van der Waals surface area (Å²) >= 11 is 6.01. The lowest BCUT2D eigenvalue weighted by Crippen LogP contribution is -1.89. The second-order valence-corrected chi connectivity index (χ2v) is 3.59. The number of aromatic amines is 1. The van der Waals surface area contributed by atoms with Gasteiger partial charge in [0.1, 0.15) is 5.75 Å². The number of H-pyrrole nitrogens is 1. The maximum Gasteiger partial charge on any atom is 0.144 e. The van der Waals surface area contributed by atoms with Crippen LogP contribution in [0.5, 0.6) is 5.75 Å². The van der Waals surface area contributed by atoms with Gasteiger partial charge in [0.05, 0.1) is 12.1 Å². The maximum absolute atomic E-state index is 6.01. The Morgan fingerprint density at radius 2 is 2.21 bits per heavy atom. The summed E-state index contributed by atoms with van der Waals surface area (Å²) in [6.07, 6.45) is 1.87. The molecule has 1 N–H and O–H groups in total. The van der Waals surface area contributed by atoms with Crippen molar-refractivity contribution in [3.63, 3.8) is 0 Å².